The van der Waals surface area contributed by atoms with Crippen LogP contribution in [0.3, 0.4) is 0 Å². The van der Waals surface area contributed by atoms with Crippen LogP contribution in [0.4, 0.5) is 17.6 Å². The molecule has 6 nitrogen and oxygen atoms in total. The van der Waals surface area contributed by atoms with E-state index in [2.05, 4.69) is 20.7 Å². The molecule has 0 spiro atoms. The van der Waals surface area contributed by atoms with E-state index in [4.69, 9.17) is 0 Å². The lowest BCUT2D eigenvalue weighted by atomic mass is 10.1. The molecule has 1 amide bonds. The predicted molar refractivity (Wildman–Crippen MR) is 86.5 cm³/mol. The van der Waals surface area contributed by atoms with Gasteiger partial charge in [-0.3, -0.25) is 4.79 Å². The highest BCUT2D eigenvalue weighted by molar-refractivity contribution is 5.75. The summed E-state index contributed by atoms with van der Waals surface area (Å²) in [6.07, 6.45) is -4.49. The van der Waals surface area contributed by atoms with Crippen LogP contribution >= 0.6 is 0 Å². The number of nitrogens with one attached hydrogen (secondary N) is 1. The van der Waals surface area contributed by atoms with Crippen LogP contribution in [0.5, 0.6) is 0 Å². The molecule has 3 rings (SSSR count). The first-order valence-corrected chi connectivity index (χ1v) is 7.78. The van der Waals surface area contributed by atoms with Crippen LogP contribution in [0.2, 0.25) is 0 Å². The van der Waals surface area contributed by atoms with Crippen molar-refractivity contribution in [1.82, 2.24) is 25.5 Å². The Morgan fingerprint density at radius 1 is 1.11 bits per heavy atom. The summed E-state index contributed by atoms with van der Waals surface area (Å²) in [4.78, 5) is 12.9. The Hall–Kier alpha value is -3.30. The van der Waals surface area contributed by atoms with E-state index in [1.54, 1.807) is 6.07 Å². The molecule has 27 heavy (non-hydrogen) atoms. The fourth-order valence-corrected chi connectivity index (χ4v) is 2.28. The van der Waals surface area contributed by atoms with Crippen LogP contribution in [0, 0.1) is 5.82 Å². The zero-order valence-corrected chi connectivity index (χ0v) is 13.7. The number of benzene rings is 2. The van der Waals surface area contributed by atoms with Gasteiger partial charge >= 0.3 is 6.18 Å². The summed E-state index contributed by atoms with van der Waals surface area (Å²) in [5, 5.41) is 13.7. The van der Waals surface area contributed by atoms with E-state index in [0.717, 1.165) is 16.9 Å². The van der Waals surface area contributed by atoms with Gasteiger partial charge in [0.25, 0.3) is 0 Å². The molecular formula is C17H13F4N5O. The maximum absolute atomic E-state index is 13.5. The minimum absolute atomic E-state index is 0.0132. The molecule has 1 N–H and O–H groups in total. The molecule has 2 aromatic carbocycles. The summed E-state index contributed by atoms with van der Waals surface area (Å²) >= 11 is 0. The van der Waals surface area contributed by atoms with Crippen molar-refractivity contribution in [3.63, 3.8) is 0 Å². The quantitative estimate of drug-likeness (QED) is 0.692. The first-order chi connectivity index (χ1) is 12.8. The lowest BCUT2D eigenvalue weighted by Gasteiger charge is -2.06. The van der Waals surface area contributed by atoms with Crippen LogP contribution in [0.25, 0.3) is 11.4 Å². The van der Waals surface area contributed by atoms with Gasteiger partial charge in [0.15, 0.2) is 0 Å². The summed E-state index contributed by atoms with van der Waals surface area (Å²) in [6.45, 7) is -0.318. The normalized spacial score (nSPS) is 11.4. The van der Waals surface area contributed by atoms with Crippen molar-refractivity contribution in [1.29, 1.82) is 0 Å². The predicted octanol–water partition coefficient (Wildman–Crippen LogP) is 2.81. The van der Waals surface area contributed by atoms with Gasteiger partial charge in [0.2, 0.25) is 11.7 Å². The summed E-state index contributed by atoms with van der Waals surface area (Å²) < 4.78 is 51.8. The third kappa shape index (κ3) is 4.66. The van der Waals surface area contributed by atoms with Gasteiger partial charge < -0.3 is 5.32 Å². The van der Waals surface area contributed by atoms with Crippen molar-refractivity contribution in [3.8, 4) is 11.4 Å². The van der Waals surface area contributed by atoms with Crippen molar-refractivity contribution in [2.75, 3.05) is 0 Å². The van der Waals surface area contributed by atoms with Crippen LogP contribution in [-0.2, 0) is 24.1 Å². The summed E-state index contributed by atoms with van der Waals surface area (Å²) in [7, 11) is 0. The molecule has 1 aromatic heterocycles. The molecule has 0 saturated carbocycles. The SMILES string of the molecule is O=C(Cn1nnc(-c2cccc(C(F)(F)F)c2)n1)NCc1ccccc1F. The van der Waals surface area contributed by atoms with Crippen molar-refractivity contribution < 1.29 is 22.4 Å². The van der Waals surface area contributed by atoms with E-state index in [1.807, 2.05) is 0 Å². The number of tetrazole rings is 1. The largest absolute Gasteiger partial charge is 0.416 e. The van der Waals surface area contributed by atoms with Gasteiger partial charge in [0, 0.05) is 17.7 Å². The lowest BCUT2D eigenvalue weighted by Crippen LogP contribution is -2.28. The van der Waals surface area contributed by atoms with Gasteiger partial charge in [-0.1, -0.05) is 30.3 Å². The number of amides is 1. The molecule has 0 unspecified atom stereocenters. The number of hydrogen-bond donors (Lipinski definition) is 1. The number of aromatic nitrogens is 4. The minimum atomic E-state index is -4.49. The Morgan fingerprint density at radius 3 is 2.63 bits per heavy atom. The molecule has 0 aliphatic carbocycles. The maximum atomic E-state index is 13.5. The second-order valence-corrected chi connectivity index (χ2v) is 5.59. The van der Waals surface area contributed by atoms with Crippen LogP contribution in [-0.4, -0.2) is 26.1 Å². The van der Waals surface area contributed by atoms with Crippen molar-refractivity contribution in [2.24, 2.45) is 0 Å². The molecular weight excluding hydrogens is 366 g/mol. The van der Waals surface area contributed by atoms with E-state index in [-0.39, 0.29) is 24.5 Å². The molecule has 10 heteroatoms. The lowest BCUT2D eigenvalue weighted by molar-refractivity contribution is -0.137. The average molecular weight is 379 g/mol. The van der Waals surface area contributed by atoms with Gasteiger partial charge in [0.05, 0.1) is 5.56 Å². The van der Waals surface area contributed by atoms with E-state index in [1.165, 1.54) is 30.3 Å². The molecule has 0 saturated heterocycles. The van der Waals surface area contributed by atoms with Gasteiger partial charge in [-0.25, -0.2) is 4.39 Å². The highest BCUT2D eigenvalue weighted by Crippen LogP contribution is 2.31. The summed E-state index contributed by atoms with van der Waals surface area (Å²) in [5.41, 5.74) is -0.385. The molecule has 0 atom stereocenters. The number of carbonyl (C=O) groups is 1. The number of alkyl halides is 3. The van der Waals surface area contributed by atoms with E-state index in [9.17, 15) is 22.4 Å². The molecule has 0 aliphatic heterocycles. The zero-order valence-electron chi connectivity index (χ0n) is 13.7. The molecule has 3 aromatic rings. The number of halogens is 4. The van der Waals surface area contributed by atoms with Gasteiger partial charge in [0.1, 0.15) is 12.4 Å². The number of carbonyl (C=O) groups excluding carboxylic acids is 1. The summed E-state index contributed by atoms with van der Waals surface area (Å²) in [6, 6.07) is 10.5. The number of hydrogen-bond acceptors (Lipinski definition) is 4. The number of rotatable bonds is 5. The third-order valence-electron chi connectivity index (χ3n) is 3.62. The zero-order chi connectivity index (χ0) is 19.4. The molecule has 0 aliphatic rings. The Labute approximate surface area is 150 Å². The second kappa shape index (κ2) is 7.52. The van der Waals surface area contributed by atoms with Crippen LogP contribution in [0.15, 0.2) is 48.5 Å². The third-order valence-corrected chi connectivity index (χ3v) is 3.62. The standard InChI is InChI=1S/C17H13F4N5O/c18-14-7-2-1-4-12(14)9-22-15(27)10-26-24-16(23-25-26)11-5-3-6-13(8-11)17(19,20)21/h1-8H,9-10H2,(H,22,27). The second-order valence-electron chi connectivity index (χ2n) is 5.59. The Morgan fingerprint density at radius 2 is 1.89 bits per heavy atom. The van der Waals surface area contributed by atoms with Crippen molar-refractivity contribution in [2.45, 2.75) is 19.3 Å². The van der Waals surface area contributed by atoms with Gasteiger partial charge in [-0.2, -0.15) is 18.0 Å². The Bertz CT molecular complexity index is 954. The molecule has 0 fully saturated rings. The van der Waals surface area contributed by atoms with Gasteiger partial charge in [-0.15, -0.1) is 10.2 Å². The smallest absolute Gasteiger partial charge is 0.350 e. The van der Waals surface area contributed by atoms with Crippen molar-refractivity contribution >= 4 is 5.91 Å². The summed E-state index contributed by atoms with van der Waals surface area (Å²) in [5.74, 6) is -0.974. The highest BCUT2D eigenvalue weighted by Gasteiger charge is 2.30. The Kier molecular flexibility index (Phi) is 5.15. The van der Waals surface area contributed by atoms with Gasteiger partial charge in [-0.05, 0) is 23.4 Å². The monoisotopic (exact) mass is 379 g/mol. The minimum Gasteiger partial charge on any atom is -0.350 e. The molecule has 1 heterocycles. The van der Waals surface area contributed by atoms with E-state index < -0.39 is 23.5 Å². The first kappa shape index (κ1) is 18.5. The molecule has 0 radical (unpaired) electrons. The highest BCUT2D eigenvalue weighted by atomic mass is 19.4. The van der Waals surface area contributed by atoms with Crippen LogP contribution in [0.1, 0.15) is 11.1 Å². The average Bonchev–Trinajstić information content (AvgIpc) is 3.09. The first-order valence-electron chi connectivity index (χ1n) is 7.78. The van der Waals surface area contributed by atoms with E-state index in [0.29, 0.717) is 5.56 Å². The molecule has 140 valence electrons. The van der Waals surface area contributed by atoms with Crippen molar-refractivity contribution in [3.05, 3.63) is 65.5 Å². The molecule has 0 bridgehead atoms. The Balaban J connectivity index is 1.64. The van der Waals surface area contributed by atoms with E-state index >= 15 is 0 Å². The fourth-order valence-electron chi connectivity index (χ4n) is 2.28. The van der Waals surface area contributed by atoms with Crippen LogP contribution < -0.4 is 5.32 Å². The number of nitrogens with zero attached hydrogens (tertiary/aromatic N) is 4. The maximum Gasteiger partial charge on any atom is 0.416 e. The topological polar surface area (TPSA) is 72.7 Å². The fraction of sp³-hybridized carbons (Fsp3) is 0.176.